The van der Waals surface area contributed by atoms with Crippen molar-refractivity contribution in [3.63, 3.8) is 0 Å². The molecule has 4 saturated heterocycles. The third kappa shape index (κ3) is 4.05. The lowest BCUT2D eigenvalue weighted by Crippen LogP contribution is -2.59. The van der Waals surface area contributed by atoms with Crippen LogP contribution in [0.2, 0.25) is 0 Å². The quantitative estimate of drug-likeness (QED) is 0.525. The number of nitrogens with zero attached hydrogens (tertiary/aromatic N) is 5. The summed E-state index contributed by atoms with van der Waals surface area (Å²) in [4.78, 5) is 40.6. The smallest absolute Gasteiger partial charge is 0.308 e. The van der Waals surface area contributed by atoms with Gasteiger partial charge in [-0.25, -0.2) is 0 Å². The lowest BCUT2D eigenvalue weighted by Gasteiger charge is -2.50. The fourth-order valence-corrected chi connectivity index (χ4v) is 5.11. The molecule has 1 aromatic heterocycles. The molecule has 4 aliphatic heterocycles. The van der Waals surface area contributed by atoms with Gasteiger partial charge in [0.25, 0.3) is 0 Å². The number of rotatable bonds is 5. The SMILES string of the molecule is COC(=O)C1CCN(C(=O)[C@H]2CN3CC[C@H]2C[C@@H]3Cn2cc(C(C)=O)nn2)CC1. The van der Waals surface area contributed by atoms with Gasteiger partial charge in [0.05, 0.1) is 31.7 Å². The fraction of sp³-hybridized carbons (Fsp3) is 0.750. The minimum Gasteiger partial charge on any atom is -0.469 e. The standard InChI is InChI=1S/C20H29N5O4/c1-13(26)18-12-25(22-21-18)10-16-9-15-5-8-24(16)11-17(15)19(27)23-6-3-14(4-7-23)20(28)29-2/h12,14-17H,3-11H2,1-2H3/t15-,16+,17-/m0/s1. The van der Waals surface area contributed by atoms with E-state index >= 15 is 0 Å². The number of methoxy groups -OCH3 is 1. The zero-order valence-corrected chi connectivity index (χ0v) is 17.1. The van der Waals surface area contributed by atoms with Crippen LogP contribution >= 0.6 is 0 Å². The van der Waals surface area contributed by atoms with Crippen LogP contribution in [0.25, 0.3) is 0 Å². The van der Waals surface area contributed by atoms with Crippen LogP contribution in [0, 0.1) is 17.8 Å². The van der Waals surface area contributed by atoms with Gasteiger partial charge in [0, 0.05) is 32.6 Å². The first-order valence-electron chi connectivity index (χ1n) is 10.5. The van der Waals surface area contributed by atoms with E-state index in [1.165, 1.54) is 14.0 Å². The van der Waals surface area contributed by atoms with Gasteiger partial charge in [-0.3, -0.25) is 24.0 Å². The first-order valence-corrected chi connectivity index (χ1v) is 10.5. The lowest BCUT2D eigenvalue weighted by atomic mass is 9.74. The zero-order valence-electron chi connectivity index (χ0n) is 17.1. The number of esters is 1. The Morgan fingerprint density at radius 1 is 1.17 bits per heavy atom. The van der Waals surface area contributed by atoms with E-state index in [1.807, 2.05) is 4.90 Å². The van der Waals surface area contributed by atoms with Crippen molar-refractivity contribution >= 4 is 17.7 Å². The maximum Gasteiger partial charge on any atom is 0.308 e. The molecule has 0 radical (unpaired) electrons. The normalized spacial score (nSPS) is 29.7. The Labute approximate surface area is 170 Å². The first-order chi connectivity index (χ1) is 14.0. The van der Waals surface area contributed by atoms with Gasteiger partial charge >= 0.3 is 5.97 Å². The second-order valence-corrected chi connectivity index (χ2v) is 8.54. The largest absolute Gasteiger partial charge is 0.469 e. The summed E-state index contributed by atoms with van der Waals surface area (Å²) in [6.45, 7) is 5.24. The van der Waals surface area contributed by atoms with E-state index in [4.69, 9.17) is 4.74 Å². The highest BCUT2D eigenvalue weighted by molar-refractivity contribution is 5.91. The Hall–Kier alpha value is -2.29. The number of likely N-dealkylation sites (tertiary alicyclic amines) is 1. The van der Waals surface area contributed by atoms with E-state index in [0.717, 1.165) is 25.9 Å². The molecule has 1 amide bonds. The molecule has 0 saturated carbocycles. The number of aromatic nitrogens is 3. The van der Waals surface area contributed by atoms with Crippen LogP contribution in [-0.4, -0.2) is 81.8 Å². The molecule has 29 heavy (non-hydrogen) atoms. The number of piperidine rings is 4. The van der Waals surface area contributed by atoms with Crippen molar-refractivity contribution in [2.45, 2.75) is 45.2 Å². The number of carbonyl (C=O) groups excluding carboxylic acids is 3. The molecule has 5 rings (SSSR count). The van der Waals surface area contributed by atoms with E-state index in [9.17, 15) is 14.4 Å². The number of Topliss-reactive ketones (excluding diaryl/α,β-unsaturated/α-hetero) is 1. The fourth-order valence-electron chi connectivity index (χ4n) is 5.11. The third-order valence-electron chi connectivity index (χ3n) is 6.83. The van der Waals surface area contributed by atoms with Crippen molar-refractivity contribution in [1.29, 1.82) is 0 Å². The summed E-state index contributed by atoms with van der Waals surface area (Å²) in [6, 6.07) is 0.323. The van der Waals surface area contributed by atoms with Crippen LogP contribution in [0.4, 0.5) is 0 Å². The molecular weight excluding hydrogens is 374 g/mol. The van der Waals surface area contributed by atoms with Gasteiger partial charge in [0.2, 0.25) is 5.91 Å². The summed E-state index contributed by atoms with van der Waals surface area (Å²) in [5, 5.41) is 8.00. The molecular formula is C20H29N5O4. The lowest BCUT2D eigenvalue weighted by molar-refractivity contribution is -0.152. The van der Waals surface area contributed by atoms with Crippen molar-refractivity contribution in [3.05, 3.63) is 11.9 Å². The predicted molar refractivity (Wildman–Crippen MR) is 103 cm³/mol. The molecule has 1 aromatic rings. The van der Waals surface area contributed by atoms with Crippen LogP contribution in [0.3, 0.4) is 0 Å². The average Bonchev–Trinajstić information content (AvgIpc) is 3.22. The summed E-state index contributed by atoms with van der Waals surface area (Å²) in [5.74, 6) is 0.334. The molecule has 1 unspecified atom stereocenters. The number of carbonyl (C=O) groups is 3. The Kier molecular flexibility index (Phi) is 5.67. The van der Waals surface area contributed by atoms with Gasteiger partial charge in [0.15, 0.2) is 5.78 Å². The Balaban J connectivity index is 1.33. The van der Waals surface area contributed by atoms with Crippen molar-refractivity contribution in [3.8, 4) is 0 Å². The number of amides is 1. The average molecular weight is 403 g/mol. The van der Waals surface area contributed by atoms with E-state index in [-0.39, 0.29) is 29.5 Å². The van der Waals surface area contributed by atoms with Gasteiger partial charge in [-0.2, -0.15) is 0 Å². The second kappa shape index (κ2) is 8.22. The van der Waals surface area contributed by atoms with Gasteiger partial charge in [-0.15, -0.1) is 5.10 Å². The minimum atomic E-state index is -0.163. The highest BCUT2D eigenvalue weighted by Gasteiger charge is 2.45. The molecule has 0 aliphatic carbocycles. The van der Waals surface area contributed by atoms with Crippen LogP contribution in [0.15, 0.2) is 6.20 Å². The molecule has 0 N–H and O–H groups in total. The second-order valence-electron chi connectivity index (χ2n) is 8.54. The Bertz CT molecular complexity index is 786. The van der Waals surface area contributed by atoms with Crippen LogP contribution in [0.1, 0.15) is 43.1 Å². The number of hydrogen-bond acceptors (Lipinski definition) is 7. The summed E-state index contributed by atoms with van der Waals surface area (Å²) in [7, 11) is 1.42. The van der Waals surface area contributed by atoms with Gasteiger partial charge in [-0.05, 0) is 38.1 Å². The van der Waals surface area contributed by atoms with E-state index in [1.54, 1.807) is 10.9 Å². The molecule has 4 fully saturated rings. The molecule has 9 nitrogen and oxygen atoms in total. The highest BCUT2D eigenvalue weighted by Crippen LogP contribution is 2.38. The zero-order chi connectivity index (χ0) is 20.5. The van der Waals surface area contributed by atoms with Crippen molar-refractivity contribution in [2.75, 3.05) is 33.3 Å². The molecule has 0 aromatic carbocycles. The van der Waals surface area contributed by atoms with Crippen LogP contribution in [-0.2, 0) is 20.9 Å². The maximum atomic E-state index is 13.2. The monoisotopic (exact) mass is 403 g/mol. The molecule has 0 spiro atoms. The number of ether oxygens (including phenoxy) is 1. The van der Waals surface area contributed by atoms with Crippen molar-refractivity contribution < 1.29 is 19.1 Å². The van der Waals surface area contributed by atoms with Gasteiger partial charge in [-0.1, -0.05) is 5.21 Å². The number of hydrogen-bond donors (Lipinski definition) is 0. The molecule has 5 heterocycles. The maximum absolute atomic E-state index is 13.2. The minimum absolute atomic E-state index is 0.0400. The topological polar surface area (TPSA) is 97.6 Å². The van der Waals surface area contributed by atoms with Gasteiger partial charge in [0.1, 0.15) is 5.69 Å². The summed E-state index contributed by atoms with van der Waals surface area (Å²) in [6.07, 6.45) is 5.09. The summed E-state index contributed by atoms with van der Waals surface area (Å²) < 4.78 is 6.58. The van der Waals surface area contributed by atoms with E-state index in [0.29, 0.717) is 50.1 Å². The molecule has 2 bridgehead atoms. The van der Waals surface area contributed by atoms with Crippen LogP contribution in [0.5, 0.6) is 0 Å². The van der Waals surface area contributed by atoms with Gasteiger partial charge < -0.3 is 9.64 Å². The van der Waals surface area contributed by atoms with E-state index in [2.05, 4.69) is 15.2 Å². The molecule has 158 valence electrons. The van der Waals surface area contributed by atoms with E-state index < -0.39 is 0 Å². The Morgan fingerprint density at radius 2 is 1.93 bits per heavy atom. The molecule has 4 aliphatic rings. The number of fused-ring (bicyclic) bond motifs is 3. The first kappa shape index (κ1) is 20.0. The highest BCUT2D eigenvalue weighted by atomic mass is 16.5. The summed E-state index contributed by atoms with van der Waals surface area (Å²) in [5.41, 5.74) is 0.393. The van der Waals surface area contributed by atoms with Crippen molar-refractivity contribution in [1.82, 2.24) is 24.8 Å². The predicted octanol–water partition coefficient (Wildman–Crippen LogP) is 0.603. The summed E-state index contributed by atoms with van der Waals surface area (Å²) >= 11 is 0. The van der Waals surface area contributed by atoms with Crippen molar-refractivity contribution in [2.24, 2.45) is 17.8 Å². The third-order valence-corrected chi connectivity index (χ3v) is 6.83. The van der Waals surface area contributed by atoms with Crippen LogP contribution < -0.4 is 0 Å². The number of ketones is 1. The molecule has 9 heteroatoms. The molecule has 4 atom stereocenters. The Morgan fingerprint density at radius 3 is 2.52 bits per heavy atom.